The number of esters is 1. The molecule has 7 nitrogen and oxygen atoms in total. The topological polar surface area (TPSA) is 95.9 Å². The number of thioether (sulfide) groups is 1. The molecule has 1 aromatic carbocycles. The number of halogens is 1. The zero-order valence-corrected chi connectivity index (χ0v) is 22.7. The number of nitrogens with one attached hydrogen (secondary N) is 1. The molecule has 3 unspecified atom stereocenters. The summed E-state index contributed by atoms with van der Waals surface area (Å²) in [6.45, 7) is 4.39. The van der Waals surface area contributed by atoms with Crippen molar-refractivity contribution in [2.24, 2.45) is 11.8 Å². The molecular weight excluding hydrogens is 532 g/mol. The number of aliphatic hydroxyl groups excluding tert-OH is 1. The Bertz CT molecular complexity index is 934. The minimum atomic E-state index is -0.753. The van der Waals surface area contributed by atoms with Gasteiger partial charge in [-0.2, -0.15) is 0 Å². The largest absolute Gasteiger partial charge is 0.466 e. The van der Waals surface area contributed by atoms with Crippen molar-refractivity contribution in [1.29, 1.82) is 0 Å². The highest BCUT2D eigenvalue weighted by Crippen LogP contribution is 2.68. The van der Waals surface area contributed by atoms with E-state index in [-0.39, 0.29) is 41.1 Å². The molecule has 1 spiro atoms. The molecule has 3 saturated heterocycles. The summed E-state index contributed by atoms with van der Waals surface area (Å²) in [5, 5.41) is 13.4. The van der Waals surface area contributed by atoms with E-state index in [9.17, 15) is 19.5 Å². The normalized spacial score (nSPS) is 31.9. The van der Waals surface area contributed by atoms with Crippen LogP contribution in [-0.2, 0) is 25.5 Å². The van der Waals surface area contributed by atoms with Crippen LogP contribution < -0.4 is 5.32 Å². The first kappa shape index (κ1) is 26.5. The van der Waals surface area contributed by atoms with Gasteiger partial charge in [0.05, 0.1) is 35.8 Å². The monoisotopic (exact) mass is 566 g/mol. The minimum absolute atomic E-state index is 0.00278. The Kier molecular flexibility index (Phi) is 8.49. The van der Waals surface area contributed by atoms with Crippen LogP contribution >= 0.6 is 27.7 Å². The standard InChI is InChI=1S/C26H35BrN2O5S/c1-3-5-9-12-28-23(31)22-26-14-18(27)21(35-26)19(25(33)34-4-2)20(26)24(32)29(22)17(15-30)13-16-10-7-6-8-11-16/h6-8,10-11,17-22,30H,3-5,9,12-15H2,1-2H3,(H,28,31)/t17-,18?,19-,20+,21-,22?,26?/m1/s1. The maximum Gasteiger partial charge on any atom is 0.310 e. The third-order valence-electron chi connectivity index (χ3n) is 7.53. The van der Waals surface area contributed by atoms with Gasteiger partial charge in [-0.15, -0.1) is 11.8 Å². The second-order valence-electron chi connectivity index (χ2n) is 9.69. The van der Waals surface area contributed by atoms with Crippen LogP contribution in [0.3, 0.4) is 0 Å². The SMILES string of the molecule is CCCCCNC(=O)C1N([C@@H](CO)Cc2ccccc2)C(=O)[C@@H]2[C@@H](C(=O)OCC)[C@@H]3SC12CC3Br. The number of hydrogen-bond donors (Lipinski definition) is 2. The molecule has 4 rings (SSSR count). The summed E-state index contributed by atoms with van der Waals surface area (Å²) in [7, 11) is 0. The van der Waals surface area contributed by atoms with Gasteiger partial charge >= 0.3 is 5.97 Å². The molecule has 2 amide bonds. The number of alkyl halides is 1. The molecular formula is C26H35BrN2O5S. The van der Waals surface area contributed by atoms with Crippen LogP contribution in [0.1, 0.15) is 45.1 Å². The molecule has 3 aliphatic rings. The molecule has 0 radical (unpaired) electrons. The van der Waals surface area contributed by atoms with Gasteiger partial charge in [0.25, 0.3) is 0 Å². The number of fused-ring (bicyclic) bond motifs is 1. The Labute approximate surface area is 219 Å². The van der Waals surface area contributed by atoms with Crippen molar-refractivity contribution in [3.63, 3.8) is 0 Å². The lowest BCUT2D eigenvalue weighted by atomic mass is 9.71. The third-order valence-corrected chi connectivity index (χ3v) is 10.8. The Morgan fingerprint density at radius 2 is 2.03 bits per heavy atom. The fraction of sp³-hybridized carbons (Fsp3) is 0.654. The highest BCUT2D eigenvalue weighted by atomic mass is 79.9. The molecule has 0 saturated carbocycles. The molecule has 3 aliphatic heterocycles. The van der Waals surface area contributed by atoms with Gasteiger partial charge < -0.3 is 20.1 Å². The minimum Gasteiger partial charge on any atom is -0.466 e. The van der Waals surface area contributed by atoms with E-state index < -0.39 is 28.7 Å². The van der Waals surface area contributed by atoms with Gasteiger partial charge in [0.1, 0.15) is 6.04 Å². The van der Waals surface area contributed by atoms with Crippen molar-refractivity contribution in [1.82, 2.24) is 10.2 Å². The summed E-state index contributed by atoms with van der Waals surface area (Å²) in [6.07, 6.45) is 3.97. The highest BCUT2D eigenvalue weighted by molar-refractivity contribution is 9.09. The molecule has 0 aliphatic carbocycles. The Hall–Kier alpha value is -1.58. The molecule has 3 heterocycles. The van der Waals surface area contributed by atoms with Crippen LogP contribution in [0, 0.1) is 11.8 Å². The fourth-order valence-electron chi connectivity index (χ4n) is 6.09. The fourth-order valence-corrected chi connectivity index (χ4v) is 9.68. The molecule has 3 fully saturated rings. The van der Waals surface area contributed by atoms with Crippen molar-refractivity contribution in [2.75, 3.05) is 19.8 Å². The van der Waals surface area contributed by atoms with E-state index in [0.717, 1.165) is 24.8 Å². The van der Waals surface area contributed by atoms with E-state index in [1.54, 1.807) is 23.6 Å². The Morgan fingerprint density at radius 1 is 1.29 bits per heavy atom. The van der Waals surface area contributed by atoms with Crippen LogP contribution in [0.15, 0.2) is 30.3 Å². The second-order valence-corrected chi connectivity index (χ2v) is 12.4. The predicted molar refractivity (Wildman–Crippen MR) is 139 cm³/mol. The summed E-state index contributed by atoms with van der Waals surface area (Å²) in [5.74, 6) is -2.03. The van der Waals surface area contributed by atoms with Crippen molar-refractivity contribution >= 4 is 45.5 Å². The molecule has 7 atom stereocenters. The molecule has 0 aromatic heterocycles. The van der Waals surface area contributed by atoms with Crippen LogP contribution in [0.25, 0.3) is 0 Å². The summed E-state index contributed by atoms with van der Waals surface area (Å²) < 4.78 is 4.66. The van der Waals surface area contributed by atoms with Gasteiger partial charge in [-0.25, -0.2) is 0 Å². The van der Waals surface area contributed by atoms with Crippen molar-refractivity contribution in [3.05, 3.63) is 35.9 Å². The number of carbonyl (C=O) groups is 3. The van der Waals surface area contributed by atoms with E-state index in [1.807, 2.05) is 30.3 Å². The van der Waals surface area contributed by atoms with E-state index >= 15 is 0 Å². The third kappa shape index (κ3) is 4.76. The Morgan fingerprint density at radius 3 is 2.69 bits per heavy atom. The molecule has 2 N–H and O–H groups in total. The lowest BCUT2D eigenvalue weighted by Gasteiger charge is -2.37. The first-order valence-corrected chi connectivity index (χ1v) is 14.4. The smallest absolute Gasteiger partial charge is 0.310 e. The zero-order valence-electron chi connectivity index (χ0n) is 20.3. The Balaban J connectivity index is 1.70. The van der Waals surface area contributed by atoms with Gasteiger partial charge in [-0.3, -0.25) is 14.4 Å². The lowest BCUT2D eigenvalue weighted by molar-refractivity contribution is -0.154. The van der Waals surface area contributed by atoms with Crippen LogP contribution in [0.4, 0.5) is 0 Å². The number of likely N-dealkylation sites (tertiary alicyclic amines) is 1. The summed E-state index contributed by atoms with van der Waals surface area (Å²) in [4.78, 5) is 42.5. The van der Waals surface area contributed by atoms with Gasteiger partial charge in [0, 0.05) is 16.6 Å². The summed E-state index contributed by atoms with van der Waals surface area (Å²) in [6, 6.07) is 8.36. The van der Waals surface area contributed by atoms with Crippen molar-refractivity contribution in [2.45, 2.75) is 72.9 Å². The maximum absolute atomic E-state index is 14.1. The van der Waals surface area contributed by atoms with Gasteiger partial charge in [-0.1, -0.05) is 66.0 Å². The second kappa shape index (κ2) is 11.2. The first-order valence-electron chi connectivity index (χ1n) is 12.6. The summed E-state index contributed by atoms with van der Waals surface area (Å²) in [5.41, 5.74) is 0.980. The molecule has 1 aromatic rings. The van der Waals surface area contributed by atoms with Crippen LogP contribution in [-0.4, -0.2) is 74.5 Å². The zero-order chi connectivity index (χ0) is 25.2. The van der Waals surface area contributed by atoms with Gasteiger partial charge in [0.2, 0.25) is 11.8 Å². The first-order chi connectivity index (χ1) is 16.9. The number of hydrogen-bond acceptors (Lipinski definition) is 6. The van der Waals surface area contributed by atoms with E-state index in [1.165, 1.54) is 0 Å². The number of nitrogens with zero attached hydrogens (tertiary/aromatic N) is 1. The predicted octanol–water partition coefficient (Wildman–Crippen LogP) is 2.92. The van der Waals surface area contributed by atoms with E-state index in [4.69, 9.17) is 4.74 Å². The number of amides is 2. The average Bonchev–Trinajstić information content (AvgIpc) is 3.44. The number of rotatable bonds is 11. The van der Waals surface area contributed by atoms with Crippen molar-refractivity contribution < 1.29 is 24.2 Å². The highest BCUT2D eigenvalue weighted by Gasteiger charge is 2.76. The van der Waals surface area contributed by atoms with Crippen molar-refractivity contribution in [3.8, 4) is 0 Å². The summed E-state index contributed by atoms with van der Waals surface area (Å²) >= 11 is 5.33. The molecule has 192 valence electrons. The number of ether oxygens (including phenoxy) is 1. The molecule has 35 heavy (non-hydrogen) atoms. The number of carbonyl (C=O) groups excluding carboxylic acids is 3. The molecule has 9 heteroatoms. The quantitative estimate of drug-likeness (QED) is 0.243. The number of unbranched alkanes of at least 4 members (excludes halogenated alkanes) is 2. The van der Waals surface area contributed by atoms with Gasteiger partial charge in [0.15, 0.2) is 0 Å². The number of aliphatic hydroxyl groups is 1. The van der Waals surface area contributed by atoms with E-state index in [0.29, 0.717) is 19.4 Å². The van der Waals surface area contributed by atoms with Gasteiger partial charge in [-0.05, 0) is 31.7 Å². The number of benzene rings is 1. The average molecular weight is 568 g/mol. The molecule has 2 bridgehead atoms. The van der Waals surface area contributed by atoms with Crippen LogP contribution in [0.2, 0.25) is 0 Å². The van der Waals surface area contributed by atoms with E-state index in [2.05, 4.69) is 28.2 Å². The maximum atomic E-state index is 14.1. The lowest BCUT2D eigenvalue weighted by Crippen LogP contribution is -2.57. The van der Waals surface area contributed by atoms with Crippen LogP contribution in [0.5, 0.6) is 0 Å².